The van der Waals surface area contributed by atoms with E-state index in [1.54, 1.807) is 6.07 Å². The average molecular weight is 334 g/mol. The molecule has 3 aromatic rings. The lowest BCUT2D eigenvalue weighted by atomic mass is 9.96. The summed E-state index contributed by atoms with van der Waals surface area (Å²) in [6, 6.07) is 11.5. The highest BCUT2D eigenvalue weighted by Crippen LogP contribution is 2.36. The summed E-state index contributed by atoms with van der Waals surface area (Å²) < 4.78 is 11.7. The highest BCUT2D eigenvalue weighted by atomic mass is 16.6. The maximum Gasteiger partial charge on any atom is 0.271 e. The molecular weight excluding hydrogens is 320 g/mol. The van der Waals surface area contributed by atoms with Gasteiger partial charge in [0, 0.05) is 29.5 Å². The van der Waals surface area contributed by atoms with Crippen LogP contribution in [0, 0.1) is 21.4 Å². The van der Waals surface area contributed by atoms with Crippen LogP contribution in [-0.2, 0) is 12.8 Å². The molecule has 0 N–H and O–H groups in total. The van der Waals surface area contributed by atoms with Crippen LogP contribution in [-0.4, -0.2) is 4.92 Å². The van der Waals surface area contributed by atoms with E-state index in [0.717, 1.165) is 42.4 Å². The first-order chi connectivity index (χ1) is 12.2. The molecule has 0 bridgehead atoms. The first-order valence-electron chi connectivity index (χ1n) is 8.06. The summed E-state index contributed by atoms with van der Waals surface area (Å²) >= 11 is 0. The van der Waals surface area contributed by atoms with Gasteiger partial charge in [0.2, 0.25) is 0 Å². The SMILES string of the molecule is N#Cc1cc([N+](=O)[O-])ccc1Oc1ccc2oc3c(c2c1)CCCC3. The van der Waals surface area contributed by atoms with Crippen molar-refractivity contribution in [2.45, 2.75) is 25.7 Å². The maximum absolute atomic E-state index is 10.8. The fourth-order valence-corrected chi connectivity index (χ4v) is 3.24. The number of aryl methyl sites for hydroxylation is 2. The van der Waals surface area contributed by atoms with Crippen LogP contribution in [0.4, 0.5) is 5.69 Å². The number of hydrogen-bond acceptors (Lipinski definition) is 5. The Morgan fingerprint density at radius 3 is 2.80 bits per heavy atom. The molecule has 6 nitrogen and oxygen atoms in total. The number of nitro benzene ring substituents is 1. The van der Waals surface area contributed by atoms with Gasteiger partial charge in [-0.15, -0.1) is 0 Å². The maximum atomic E-state index is 10.8. The monoisotopic (exact) mass is 334 g/mol. The number of nitrogens with zero attached hydrogens (tertiary/aromatic N) is 2. The third-order valence-corrected chi connectivity index (χ3v) is 4.45. The van der Waals surface area contributed by atoms with E-state index in [9.17, 15) is 15.4 Å². The van der Waals surface area contributed by atoms with Crippen LogP contribution in [0.5, 0.6) is 11.5 Å². The molecule has 4 rings (SSSR count). The molecule has 1 heterocycles. The van der Waals surface area contributed by atoms with Gasteiger partial charge in [-0.1, -0.05) is 0 Å². The lowest BCUT2D eigenvalue weighted by Crippen LogP contribution is -1.98. The predicted octanol–water partition coefficient (Wildman–Crippen LogP) is 4.88. The van der Waals surface area contributed by atoms with Crippen LogP contribution in [0.3, 0.4) is 0 Å². The number of furan rings is 1. The zero-order valence-electron chi connectivity index (χ0n) is 13.3. The highest BCUT2D eigenvalue weighted by molar-refractivity contribution is 5.84. The minimum absolute atomic E-state index is 0.128. The molecule has 0 fully saturated rings. The molecule has 0 saturated heterocycles. The van der Waals surface area contributed by atoms with Crippen molar-refractivity contribution in [3.05, 3.63) is 63.4 Å². The summed E-state index contributed by atoms with van der Waals surface area (Å²) in [6.07, 6.45) is 4.24. The van der Waals surface area contributed by atoms with Crippen molar-refractivity contribution in [3.8, 4) is 17.6 Å². The topological polar surface area (TPSA) is 89.3 Å². The molecule has 0 spiro atoms. The summed E-state index contributed by atoms with van der Waals surface area (Å²) in [5.41, 5.74) is 2.06. The Kier molecular flexibility index (Phi) is 3.62. The van der Waals surface area contributed by atoms with Gasteiger partial charge >= 0.3 is 0 Å². The first kappa shape index (κ1) is 15.2. The quantitative estimate of drug-likeness (QED) is 0.503. The smallest absolute Gasteiger partial charge is 0.271 e. The van der Waals surface area contributed by atoms with E-state index in [-0.39, 0.29) is 11.3 Å². The van der Waals surface area contributed by atoms with Crippen LogP contribution in [0.1, 0.15) is 29.7 Å². The van der Waals surface area contributed by atoms with Crippen LogP contribution in [0.2, 0.25) is 0 Å². The Balaban J connectivity index is 1.71. The molecule has 0 aliphatic heterocycles. The van der Waals surface area contributed by atoms with Crippen molar-refractivity contribution < 1.29 is 14.1 Å². The third kappa shape index (κ3) is 2.70. The molecule has 1 aromatic heterocycles. The average Bonchev–Trinajstić information content (AvgIpc) is 3.00. The van der Waals surface area contributed by atoms with Crippen molar-refractivity contribution in [3.63, 3.8) is 0 Å². The number of rotatable bonds is 3. The Morgan fingerprint density at radius 1 is 1.16 bits per heavy atom. The molecule has 0 atom stereocenters. The number of non-ortho nitro benzene ring substituents is 1. The molecule has 124 valence electrons. The fourth-order valence-electron chi connectivity index (χ4n) is 3.24. The van der Waals surface area contributed by atoms with Gasteiger partial charge < -0.3 is 9.15 Å². The van der Waals surface area contributed by atoms with E-state index in [1.807, 2.05) is 18.2 Å². The van der Waals surface area contributed by atoms with E-state index in [2.05, 4.69) is 0 Å². The molecule has 0 saturated carbocycles. The Labute approximate surface area is 143 Å². The van der Waals surface area contributed by atoms with E-state index >= 15 is 0 Å². The minimum atomic E-state index is -0.533. The van der Waals surface area contributed by atoms with Crippen LogP contribution < -0.4 is 4.74 Å². The zero-order chi connectivity index (χ0) is 17.4. The molecule has 2 aromatic carbocycles. The van der Waals surface area contributed by atoms with Crippen molar-refractivity contribution in [2.75, 3.05) is 0 Å². The number of hydrogen-bond donors (Lipinski definition) is 0. The fraction of sp³-hybridized carbons (Fsp3) is 0.211. The Morgan fingerprint density at radius 2 is 2.00 bits per heavy atom. The van der Waals surface area contributed by atoms with Gasteiger partial charge in [-0.05, 0) is 43.5 Å². The molecule has 0 radical (unpaired) electrons. The van der Waals surface area contributed by atoms with Crippen LogP contribution in [0.15, 0.2) is 40.8 Å². The van der Waals surface area contributed by atoms with Gasteiger partial charge in [-0.3, -0.25) is 10.1 Å². The second-order valence-electron chi connectivity index (χ2n) is 6.02. The van der Waals surface area contributed by atoms with Gasteiger partial charge in [0.1, 0.15) is 34.5 Å². The van der Waals surface area contributed by atoms with Crippen molar-refractivity contribution in [1.29, 1.82) is 5.26 Å². The van der Waals surface area contributed by atoms with Crippen LogP contribution >= 0.6 is 0 Å². The van der Waals surface area contributed by atoms with Gasteiger partial charge in [0.25, 0.3) is 5.69 Å². The molecule has 0 unspecified atom stereocenters. The van der Waals surface area contributed by atoms with Gasteiger partial charge in [0.15, 0.2) is 0 Å². The molecule has 25 heavy (non-hydrogen) atoms. The van der Waals surface area contributed by atoms with Crippen LogP contribution in [0.25, 0.3) is 11.0 Å². The molecule has 1 aliphatic carbocycles. The number of fused-ring (bicyclic) bond motifs is 3. The Hall–Kier alpha value is -3.33. The summed E-state index contributed by atoms with van der Waals surface area (Å²) in [4.78, 5) is 10.3. The summed E-state index contributed by atoms with van der Waals surface area (Å²) in [5, 5.41) is 21.1. The molecule has 0 amide bonds. The Bertz CT molecular complexity index is 1030. The van der Waals surface area contributed by atoms with Gasteiger partial charge in [-0.25, -0.2) is 0 Å². The second-order valence-corrected chi connectivity index (χ2v) is 6.02. The van der Waals surface area contributed by atoms with Gasteiger partial charge in [0.05, 0.1) is 4.92 Å². The van der Waals surface area contributed by atoms with Crippen molar-refractivity contribution in [2.24, 2.45) is 0 Å². The van der Waals surface area contributed by atoms with E-state index in [0.29, 0.717) is 11.5 Å². The van der Waals surface area contributed by atoms with Crippen molar-refractivity contribution in [1.82, 2.24) is 0 Å². The summed E-state index contributed by atoms with van der Waals surface area (Å²) in [6.45, 7) is 0. The van der Waals surface area contributed by atoms with Gasteiger partial charge in [-0.2, -0.15) is 5.26 Å². The molecule has 6 heteroatoms. The summed E-state index contributed by atoms with van der Waals surface area (Å²) in [5.74, 6) is 1.92. The normalized spacial score (nSPS) is 13.2. The summed E-state index contributed by atoms with van der Waals surface area (Å²) in [7, 11) is 0. The lowest BCUT2D eigenvalue weighted by molar-refractivity contribution is -0.384. The van der Waals surface area contributed by atoms with Crippen molar-refractivity contribution >= 4 is 16.7 Å². The standard InChI is InChI=1S/C19H14N2O4/c20-11-12-9-13(21(22)23)5-7-17(12)24-14-6-8-19-16(10-14)15-3-1-2-4-18(15)25-19/h5-10H,1-4H2. The first-order valence-corrected chi connectivity index (χ1v) is 8.06. The lowest BCUT2D eigenvalue weighted by Gasteiger charge is -2.09. The number of benzene rings is 2. The number of nitriles is 1. The number of nitro groups is 1. The largest absolute Gasteiger partial charge is 0.461 e. The zero-order valence-corrected chi connectivity index (χ0v) is 13.3. The number of ether oxygens (including phenoxy) is 1. The minimum Gasteiger partial charge on any atom is -0.461 e. The predicted molar refractivity (Wildman–Crippen MR) is 90.7 cm³/mol. The third-order valence-electron chi connectivity index (χ3n) is 4.45. The second kappa shape index (κ2) is 5.95. The highest BCUT2D eigenvalue weighted by Gasteiger charge is 2.18. The van der Waals surface area contributed by atoms with E-state index < -0.39 is 4.92 Å². The van der Waals surface area contributed by atoms with E-state index in [1.165, 1.54) is 23.8 Å². The molecule has 1 aliphatic rings. The van der Waals surface area contributed by atoms with E-state index in [4.69, 9.17) is 9.15 Å². The molecular formula is C19H14N2O4.